The van der Waals surface area contributed by atoms with Gasteiger partial charge in [0.25, 0.3) is 5.88 Å². The molecule has 0 aliphatic carbocycles. The highest BCUT2D eigenvalue weighted by molar-refractivity contribution is 5.49. The van der Waals surface area contributed by atoms with Gasteiger partial charge in [-0.1, -0.05) is 0 Å². The molecule has 0 saturated heterocycles. The van der Waals surface area contributed by atoms with E-state index in [0.717, 1.165) is 6.07 Å². The van der Waals surface area contributed by atoms with Gasteiger partial charge >= 0.3 is 11.9 Å². The van der Waals surface area contributed by atoms with Gasteiger partial charge in [-0.3, -0.25) is 10.1 Å². The minimum Gasteiger partial charge on any atom is -0.472 e. The molecule has 1 rings (SSSR count). The molecule has 0 amide bonds. The summed E-state index contributed by atoms with van der Waals surface area (Å²) in [6.07, 6.45) is -5.58. The topological polar surface area (TPSA) is 77.3 Å². The van der Waals surface area contributed by atoms with Crippen LogP contribution in [0.4, 0.5) is 24.7 Å². The largest absolute Gasteiger partial charge is 0.472 e. The van der Waals surface area contributed by atoms with E-state index in [9.17, 15) is 23.3 Å². The monoisotopic (exact) mass is 279 g/mol. The number of aromatic nitrogens is 1. The summed E-state index contributed by atoms with van der Waals surface area (Å²) in [4.78, 5) is 13.7. The van der Waals surface area contributed by atoms with Crippen LogP contribution >= 0.6 is 0 Å². The fraction of sp³-hybridized carbons (Fsp3) is 0.500. The van der Waals surface area contributed by atoms with E-state index in [4.69, 9.17) is 4.74 Å². The molecule has 0 aliphatic heterocycles. The van der Waals surface area contributed by atoms with Crippen molar-refractivity contribution in [1.29, 1.82) is 0 Å². The average Bonchev–Trinajstić information content (AvgIpc) is 2.27. The molecule has 19 heavy (non-hydrogen) atoms. The highest BCUT2D eigenvalue weighted by Crippen LogP contribution is 2.27. The van der Waals surface area contributed by atoms with E-state index in [2.05, 4.69) is 10.3 Å². The van der Waals surface area contributed by atoms with E-state index in [1.165, 1.54) is 6.07 Å². The third kappa shape index (κ3) is 4.98. The maximum atomic E-state index is 12.0. The number of halogens is 3. The summed E-state index contributed by atoms with van der Waals surface area (Å²) in [7, 11) is 0. The van der Waals surface area contributed by atoms with Gasteiger partial charge in [0.05, 0.1) is 18.0 Å². The molecule has 0 radical (unpaired) electrons. The Bertz CT molecular complexity index is 451. The molecule has 0 spiro atoms. The van der Waals surface area contributed by atoms with Gasteiger partial charge in [-0.2, -0.15) is 18.2 Å². The van der Waals surface area contributed by atoms with Gasteiger partial charge in [0.2, 0.25) is 0 Å². The molecule has 9 heteroatoms. The van der Waals surface area contributed by atoms with Gasteiger partial charge < -0.3 is 10.1 Å². The van der Waals surface area contributed by atoms with Gasteiger partial charge in [0, 0.05) is 12.6 Å². The Kier molecular flexibility index (Phi) is 4.90. The van der Waals surface area contributed by atoms with Crippen molar-refractivity contribution in [3.63, 3.8) is 0 Å². The third-order valence-corrected chi connectivity index (χ3v) is 2.02. The summed E-state index contributed by atoms with van der Waals surface area (Å²) in [6.45, 7) is 1.59. The lowest BCUT2D eigenvalue weighted by atomic mass is 10.4. The van der Waals surface area contributed by atoms with Crippen LogP contribution in [-0.4, -0.2) is 29.2 Å². The van der Waals surface area contributed by atoms with E-state index in [1.807, 2.05) is 0 Å². The molecule has 0 aromatic carbocycles. The number of rotatable bonds is 6. The Morgan fingerprint density at radius 1 is 1.47 bits per heavy atom. The summed E-state index contributed by atoms with van der Waals surface area (Å²) in [5.41, 5.74) is -0.469. The molecule has 6 nitrogen and oxygen atoms in total. The molecular weight excluding hydrogens is 267 g/mol. The molecule has 0 saturated carbocycles. The maximum absolute atomic E-state index is 12.0. The molecule has 1 aromatic rings. The van der Waals surface area contributed by atoms with Gasteiger partial charge in [-0.05, 0) is 13.0 Å². The Morgan fingerprint density at radius 3 is 2.68 bits per heavy atom. The Morgan fingerprint density at radius 2 is 2.16 bits per heavy atom. The van der Waals surface area contributed by atoms with Crippen molar-refractivity contribution >= 4 is 11.5 Å². The van der Waals surface area contributed by atoms with Gasteiger partial charge in [0.1, 0.15) is 5.82 Å². The highest BCUT2D eigenvalue weighted by Gasteiger charge is 2.28. The van der Waals surface area contributed by atoms with Crippen molar-refractivity contribution in [2.45, 2.75) is 19.5 Å². The number of hydrogen-bond donors (Lipinski definition) is 1. The molecular formula is C10H12F3N3O3. The number of nitro groups is 1. The van der Waals surface area contributed by atoms with Crippen molar-refractivity contribution in [2.24, 2.45) is 0 Å². The minimum atomic E-state index is -4.38. The van der Waals surface area contributed by atoms with E-state index in [1.54, 1.807) is 6.92 Å². The van der Waals surface area contributed by atoms with Crippen molar-refractivity contribution < 1.29 is 22.8 Å². The maximum Gasteiger partial charge on any atom is 0.392 e. The zero-order chi connectivity index (χ0) is 14.5. The van der Waals surface area contributed by atoms with E-state index < -0.39 is 35.7 Å². The van der Waals surface area contributed by atoms with Crippen LogP contribution in [0.15, 0.2) is 12.1 Å². The predicted octanol–water partition coefficient (Wildman–Crippen LogP) is 2.75. The van der Waals surface area contributed by atoms with Gasteiger partial charge in [0.15, 0.2) is 0 Å². The zero-order valence-electron chi connectivity index (χ0n) is 10.0. The molecule has 0 atom stereocenters. The van der Waals surface area contributed by atoms with Crippen LogP contribution in [0.1, 0.15) is 13.3 Å². The van der Waals surface area contributed by atoms with Crippen LogP contribution in [0.25, 0.3) is 0 Å². The Balaban J connectivity index is 2.82. The number of anilines is 1. The van der Waals surface area contributed by atoms with E-state index in [0.29, 0.717) is 12.4 Å². The second-order valence-electron chi connectivity index (χ2n) is 3.52. The number of alkyl halides is 3. The molecule has 0 fully saturated rings. The summed E-state index contributed by atoms with van der Waals surface area (Å²) in [5, 5.41) is 13.5. The lowest BCUT2D eigenvalue weighted by molar-refractivity contribution is -0.386. The first kappa shape index (κ1) is 15.0. The summed E-state index contributed by atoms with van der Waals surface area (Å²) >= 11 is 0. The summed E-state index contributed by atoms with van der Waals surface area (Å²) < 4.78 is 40.7. The normalized spacial score (nSPS) is 11.2. The summed E-state index contributed by atoms with van der Waals surface area (Å²) in [6, 6.07) is 2.49. The number of ether oxygens (including phenoxy) is 1. The van der Waals surface area contributed by atoms with Crippen LogP contribution in [0.2, 0.25) is 0 Å². The molecule has 0 aliphatic rings. The van der Waals surface area contributed by atoms with Crippen LogP contribution in [-0.2, 0) is 0 Å². The number of pyridine rings is 1. The molecule has 1 heterocycles. The summed E-state index contributed by atoms with van der Waals surface area (Å²) in [5.74, 6) is -0.122. The number of hydrogen-bond acceptors (Lipinski definition) is 5. The zero-order valence-corrected chi connectivity index (χ0v) is 10.0. The Hall–Kier alpha value is -2.06. The van der Waals surface area contributed by atoms with Crippen LogP contribution in [0.3, 0.4) is 0 Å². The number of nitrogens with one attached hydrogen (secondary N) is 1. The first-order chi connectivity index (χ1) is 8.83. The smallest absolute Gasteiger partial charge is 0.392 e. The molecule has 0 unspecified atom stereocenters. The van der Waals surface area contributed by atoms with E-state index in [-0.39, 0.29) is 0 Å². The van der Waals surface area contributed by atoms with Crippen LogP contribution in [0.5, 0.6) is 5.88 Å². The second kappa shape index (κ2) is 6.21. The van der Waals surface area contributed by atoms with Gasteiger partial charge in [-0.25, -0.2) is 0 Å². The lowest BCUT2D eigenvalue weighted by Crippen LogP contribution is -2.14. The first-order valence-corrected chi connectivity index (χ1v) is 5.42. The standard InChI is InChI=1S/C10H12F3N3O3/c1-2-14-8-4-3-7(16(17)18)9(15-8)19-6-5-10(11,12)13/h3-4H,2,5-6H2,1H3,(H,14,15). The molecule has 0 bridgehead atoms. The Labute approximate surface area is 106 Å². The van der Waals surface area contributed by atoms with Crippen LogP contribution in [0, 0.1) is 10.1 Å². The molecule has 1 aromatic heterocycles. The van der Waals surface area contributed by atoms with Crippen molar-refractivity contribution in [3.05, 3.63) is 22.2 Å². The van der Waals surface area contributed by atoms with Gasteiger partial charge in [-0.15, -0.1) is 0 Å². The fourth-order valence-electron chi connectivity index (χ4n) is 1.22. The predicted molar refractivity (Wildman–Crippen MR) is 61.2 cm³/mol. The number of nitrogens with zero attached hydrogens (tertiary/aromatic N) is 2. The quantitative estimate of drug-likeness (QED) is 0.640. The van der Waals surface area contributed by atoms with Crippen molar-refractivity contribution in [2.75, 3.05) is 18.5 Å². The molecule has 106 valence electrons. The molecule has 1 N–H and O–H groups in total. The third-order valence-electron chi connectivity index (χ3n) is 2.02. The van der Waals surface area contributed by atoms with Crippen LogP contribution < -0.4 is 10.1 Å². The van der Waals surface area contributed by atoms with Crippen molar-refractivity contribution in [1.82, 2.24) is 4.98 Å². The minimum absolute atomic E-state index is 0.301. The average molecular weight is 279 g/mol. The van der Waals surface area contributed by atoms with Crippen molar-refractivity contribution in [3.8, 4) is 5.88 Å². The lowest BCUT2D eigenvalue weighted by Gasteiger charge is -2.09. The SMILES string of the molecule is CCNc1ccc([N+](=O)[O-])c(OCCC(F)(F)F)n1. The first-order valence-electron chi connectivity index (χ1n) is 5.42. The van der Waals surface area contributed by atoms with E-state index >= 15 is 0 Å². The fourth-order valence-corrected chi connectivity index (χ4v) is 1.22. The highest BCUT2D eigenvalue weighted by atomic mass is 19.4. The second-order valence-corrected chi connectivity index (χ2v) is 3.52.